The number of nitrogens with one attached hydrogen (secondary N) is 1. The lowest BCUT2D eigenvalue weighted by Gasteiger charge is -2.37. The molecule has 0 saturated heterocycles. The van der Waals surface area contributed by atoms with Crippen molar-refractivity contribution in [3.8, 4) is 23.0 Å². The van der Waals surface area contributed by atoms with Crippen molar-refractivity contribution in [3.63, 3.8) is 0 Å². The Kier molecular flexibility index (Phi) is 10.3. The van der Waals surface area contributed by atoms with Crippen LogP contribution in [0.15, 0.2) is 57.3 Å². The van der Waals surface area contributed by atoms with Crippen LogP contribution in [0.1, 0.15) is 49.7 Å². The molecule has 2 aromatic rings. The highest BCUT2D eigenvalue weighted by atomic mass is 79.9. The monoisotopic (exact) mass is 645 g/mol. The minimum Gasteiger partial charge on any atom is -0.493 e. The van der Waals surface area contributed by atoms with E-state index in [2.05, 4.69) is 28.2 Å². The summed E-state index contributed by atoms with van der Waals surface area (Å²) in [4.78, 5) is 27.6. The van der Waals surface area contributed by atoms with Crippen LogP contribution in [0.25, 0.3) is 0 Å². The molecule has 0 fully saturated rings. The molecule has 0 radical (unpaired) electrons. The molecule has 2 aliphatic rings. The van der Waals surface area contributed by atoms with E-state index in [0.29, 0.717) is 56.5 Å². The number of carbonyl (C=O) groups is 2. The molecule has 0 saturated carbocycles. The van der Waals surface area contributed by atoms with Gasteiger partial charge in [-0.15, -0.1) is 0 Å². The van der Waals surface area contributed by atoms with Crippen LogP contribution in [0.4, 0.5) is 0 Å². The largest absolute Gasteiger partial charge is 0.493 e. The zero-order chi connectivity index (χ0) is 29.7. The number of esters is 1. The van der Waals surface area contributed by atoms with E-state index in [4.69, 9.17) is 23.7 Å². The van der Waals surface area contributed by atoms with Gasteiger partial charge in [0.25, 0.3) is 0 Å². The van der Waals surface area contributed by atoms with Crippen LogP contribution in [-0.2, 0) is 14.3 Å². The Morgan fingerprint density at radius 3 is 2.34 bits per heavy atom. The van der Waals surface area contributed by atoms with Crippen molar-refractivity contribution in [1.82, 2.24) is 5.32 Å². The van der Waals surface area contributed by atoms with Crippen LogP contribution >= 0.6 is 27.7 Å². The van der Waals surface area contributed by atoms with Gasteiger partial charge in [-0.1, -0.05) is 13.0 Å². The molecule has 0 aromatic heterocycles. The number of hydrogen-bond donors (Lipinski definition) is 1. The van der Waals surface area contributed by atoms with Gasteiger partial charge in [-0.05, 0) is 76.3 Å². The maximum Gasteiger partial charge on any atom is 0.336 e. The lowest BCUT2D eigenvalue weighted by atomic mass is 9.71. The Labute approximate surface area is 253 Å². The molecule has 0 spiro atoms. The van der Waals surface area contributed by atoms with Gasteiger partial charge in [0.2, 0.25) is 0 Å². The average Bonchev–Trinajstić information content (AvgIpc) is 2.97. The SMILES string of the molecule is CCSCCOC(=O)C1=C(C)NC2=C(C(=O)C[C@@H](c3ccc(OC)c(OC)c3)C2)[C@@H]1c1cc(Br)c(OC)c(OC)c1. The molecule has 0 bridgehead atoms. The second-order valence-electron chi connectivity index (χ2n) is 9.70. The predicted octanol–water partition coefficient (Wildman–Crippen LogP) is 6.14. The first-order valence-electron chi connectivity index (χ1n) is 13.4. The fourth-order valence-corrected chi connectivity index (χ4v) is 6.62. The third-order valence-corrected chi connectivity index (χ3v) is 8.83. The molecule has 41 heavy (non-hydrogen) atoms. The molecule has 0 amide bonds. The van der Waals surface area contributed by atoms with Gasteiger partial charge in [0.15, 0.2) is 28.8 Å². The maximum atomic E-state index is 14.0. The van der Waals surface area contributed by atoms with E-state index in [1.54, 1.807) is 40.2 Å². The van der Waals surface area contributed by atoms with Gasteiger partial charge < -0.3 is 29.0 Å². The summed E-state index contributed by atoms with van der Waals surface area (Å²) in [5, 5.41) is 3.41. The number of methoxy groups -OCH3 is 4. The minimum atomic E-state index is -0.632. The molecule has 1 heterocycles. The Morgan fingerprint density at radius 1 is 0.976 bits per heavy atom. The molecule has 1 aliphatic heterocycles. The van der Waals surface area contributed by atoms with E-state index in [9.17, 15) is 9.59 Å². The minimum absolute atomic E-state index is 0.0335. The number of thioether (sulfide) groups is 1. The van der Waals surface area contributed by atoms with Gasteiger partial charge in [-0.25, -0.2) is 4.79 Å². The Balaban J connectivity index is 1.79. The molecule has 220 valence electrons. The molecule has 10 heteroatoms. The maximum absolute atomic E-state index is 14.0. The molecule has 8 nitrogen and oxygen atoms in total. The fourth-order valence-electron chi connectivity index (χ4n) is 5.51. The van der Waals surface area contributed by atoms with E-state index in [0.717, 1.165) is 22.6 Å². The van der Waals surface area contributed by atoms with Gasteiger partial charge in [0.05, 0.1) is 38.5 Å². The highest BCUT2D eigenvalue weighted by Crippen LogP contribution is 2.49. The van der Waals surface area contributed by atoms with Crippen LogP contribution in [0.3, 0.4) is 0 Å². The first-order valence-corrected chi connectivity index (χ1v) is 15.3. The number of dihydropyridines is 1. The summed E-state index contributed by atoms with van der Waals surface area (Å²) in [6, 6.07) is 9.45. The van der Waals surface area contributed by atoms with E-state index >= 15 is 0 Å². The van der Waals surface area contributed by atoms with Crippen LogP contribution in [0.2, 0.25) is 0 Å². The summed E-state index contributed by atoms with van der Waals surface area (Å²) in [6.07, 6.45) is 0.879. The summed E-state index contributed by atoms with van der Waals surface area (Å²) in [6.45, 7) is 4.21. The molecule has 2 atom stereocenters. The second-order valence-corrected chi connectivity index (χ2v) is 12.0. The highest BCUT2D eigenvalue weighted by molar-refractivity contribution is 9.10. The van der Waals surface area contributed by atoms with Gasteiger partial charge in [-0.3, -0.25) is 4.79 Å². The van der Waals surface area contributed by atoms with Crippen LogP contribution in [0.5, 0.6) is 23.0 Å². The van der Waals surface area contributed by atoms with E-state index in [1.165, 1.54) is 0 Å². The summed E-state index contributed by atoms with van der Waals surface area (Å²) in [5.41, 5.74) is 4.16. The lowest BCUT2D eigenvalue weighted by molar-refractivity contribution is -0.138. The van der Waals surface area contributed by atoms with Crippen LogP contribution < -0.4 is 24.3 Å². The summed E-state index contributed by atoms with van der Waals surface area (Å²) in [7, 11) is 6.31. The Hall–Kier alpha value is -3.11. The van der Waals surface area contributed by atoms with Crippen molar-refractivity contribution in [2.45, 2.75) is 38.5 Å². The van der Waals surface area contributed by atoms with Crippen molar-refractivity contribution in [1.29, 1.82) is 0 Å². The fraction of sp³-hybridized carbons (Fsp3) is 0.419. The second kappa shape index (κ2) is 13.7. The van der Waals surface area contributed by atoms with Crippen molar-refractivity contribution in [2.24, 2.45) is 0 Å². The number of halogens is 1. The predicted molar refractivity (Wildman–Crippen MR) is 163 cm³/mol. The normalized spacial score (nSPS) is 18.5. The first-order chi connectivity index (χ1) is 19.8. The quantitative estimate of drug-likeness (QED) is 0.228. The number of carbonyl (C=O) groups excluding carboxylic acids is 2. The van der Waals surface area contributed by atoms with Crippen molar-refractivity contribution >= 4 is 39.4 Å². The zero-order valence-electron chi connectivity index (χ0n) is 24.2. The van der Waals surface area contributed by atoms with Gasteiger partial charge in [0.1, 0.15) is 6.61 Å². The van der Waals surface area contributed by atoms with Gasteiger partial charge in [-0.2, -0.15) is 11.8 Å². The summed E-state index contributed by atoms with van der Waals surface area (Å²) in [5.74, 6) is 2.74. The summed E-state index contributed by atoms with van der Waals surface area (Å²) >= 11 is 5.29. The molecular formula is C31H36BrNO7S. The highest BCUT2D eigenvalue weighted by Gasteiger charge is 2.42. The van der Waals surface area contributed by atoms with Crippen molar-refractivity contribution in [2.75, 3.05) is 46.6 Å². The first kappa shape index (κ1) is 30.8. The number of ether oxygens (including phenoxy) is 5. The third-order valence-electron chi connectivity index (χ3n) is 7.38. The zero-order valence-corrected chi connectivity index (χ0v) is 26.6. The molecular weight excluding hydrogens is 610 g/mol. The van der Waals surface area contributed by atoms with Gasteiger partial charge >= 0.3 is 5.97 Å². The Bertz CT molecular complexity index is 1390. The van der Waals surface area contributed by atoms with Crippen LogP contribution in [0, 0.1) is 0 Å². The molecule has 2 aromatic carbocycles. The van der Waals surface area contributed by atoms with Gasteiger partial charge in [0, 0.05) is 35.1 Å². The number of hydrogen-bond acceptors (Lipinski definition) is 9. The molecule has 4 rings (SSSR count). The number of Topliss-reactive ketones (excluding diaryl/α,β-unsaturated/α-hetero) is 1. The van der Waals surface area contributed by atoms with E-state index in [-0.39, 0.29) is 24.7 Å². The van der Waals surface area contributed by atoms with Crippen molar-refractivity contribution < 1.29 is 33.3 Å². The number of rotatable bonds is 11. The number of benzene rings is 2. The van der Waals surface area contributed by atoms with Crippen LogP contribution in [-0.4, -0.2) is 58.3 Å². The molecule has 0 unspecified atom stereocenters. The third kappa shape index (κ3) is 6.38. The number of ketones is 1. The lowest BCUT2D eigenvalue weighted by Crippen LogP contribution is -2.36. The Morgan fingerprint density at radius 2 is 1.68 bits per heavy atom. The van der Waals surface area contributed by atoms with E-state index in [1.807, 2.05) is 37.3 Å². The molecule has 1 N–H and O–H groups in total. The van der Waals surface area contributed by atoms with E-state index < -0.39 is 11.9 Å². The standard InChI is InChI=1S/C31H36BrNO7S/c1-7-41-11-10-40-31(35)27-17(2)33-22-13-19(18-8-9-24(36-3)25(15-18)37-4)14-23(34)29(22)28(27)20-12-21(32)30(39-6)26(16-20)38-5/h8-9,12,15-16,19,28,33H,7,10-11,13-14H2,1-6H3/t19-,28+/m0/s1. The van der Waals surface area contributed by atoms with Crippen molar-refractivity contribution in [3.05, 3.63) is 68.5 Å². The molecule has 1 aliphatic carbocycles. The smallest absolute Gasteiger partial charge is 0.336 e. The average molecular weight is 647 g/mol. The summed E-state index contributed by atoms with van der Waals surface area (Å²) < 4.78 is 28.4. The number of allylic oxidation sites excluding steroid dienone is 3. The topological polar surface area (TPSA) is 92.3 Å².